The molecule has 5 nitrogen and oxygen atoms in total. The van der Waals surface area contributed by atoms with Gasteiger partial charge in [-0.3, -0.25) is 4.79 Å². The Morgan fingerprint density at radius 1 is 1.00 bits per heavy atom. The quantitative estimate of drug-likeness (QED) is 0.697. The minimum Gasteiger partial charge on any atom is -0.378 e. The number of morpholine rings is 1. The summed E-state index contributed by atoms with van der Waals surface area (Å²) < 4.78 is 5.46. The van der Waals surface area contributed by atoms with Crippen LogP contribution in [-0.4, -0.2) is 47.1 Å². The fourth-order valence-corrected chi connectivity index (χ4v) is 5.92. The average molecular weight is 420 g/mol. The first-order chi connectivity index (χ1) is 13.2. The molecule has 2 fully saturated rings. The predicted octanol–water partition coefficient (Wildman–Crippen LogP) is 4.12. The molecular formula is C21H23Cl2N3O2. The predicted molar refractivity (Wildman–Crippen MR) is 109 cm³/mol. The SMILES string of the molecule is CC12CCC(C(=O)N3CCOCC3)(c3nc4cc(Cl)c(Cl)cc4nc31)C2(C)C. The number of fused-ring (bicyclic) bond motifs is 6. The maximum Gasteiger partial charge on any atom is 0.235 e. The molecule has 1 aromatic heterocycles. The maximum absolute atomic E-state index is 13.9. The van der Waals surface area contributed by atoms with E-state index in [1.165, 1.54) is 0 Å². The summed E-state index contributed by atoms with van der Waals surface area (Å²) in [5.41, 5.74) is 2.02. The van der Waals surface area contributed by atoms with Crippen LogP contribution in [0.5, 0.6) is 0 Å². The van der Waals surface area contributed by atoms with Crippen LogP contribution < -0.4 is 0 Å². The second-order valence-corrected chi connectivity index (χ2v) is 9.76. The zero-order valence-electron chi connectivity index (χ0n) is 16.3. The number of hydrogen-bond donors (Lipinski definition) is 0. The second kappa shape index (κ2) is 5.80. The zero-order valence-corrected chi connectivity index (χ0v) is 17.8. The molecule has 28 heavy (non-hydrogen) atoms. The van der Waals surface area contributed by atoms with Crippen LogP contribution in [0.4, 0.5) is 0 Å². The molecule has 1 aliphatic heterocycles. The van der Waals surface area contributed by atoms with Gasteiger partial charge in [-0.15, -0.1) is 0 Å². The number of amides is 1. The van der Waals surface area contributed by atoms with E-state index < -0.39 is 5.41 Å². The molecular weight excluding hydrogens is 397 g/mol. The first-order valence-electron chi connectivity index (χ1n) is 9.77. The maximum atomic E-state index is 13.9. The van der Waals surface area contributed by atoms with Gasteiger partial charge in [0.25, 0.3) is 0 Å². The highest BCUT2D eigenvalue weighted by Gasteiger charge is 2.73. The van der Waals surface area contributed by atoms with Gasteiger partial charge in [0.05, 0.1) is 51.1 Å². The van der Waals surface area contributed by atoms with Crippen molar-refractivity contribution in [3.05, 3.63) is 33.6 Å². The van der Waals surface area contributed by atoms with Crippen molar-refractivity contribution in [3.8, 4) is 0 Å². The van der Waals surface area contributed by atoms with Crippen molar-refractivity contribution in [3.63, 3.8) is 0 Å². The number of benzene rings is 1. The normalized spacial score (nSPS) is 30.7. The summed E-state index contributed by atoms with van der Waals surface area (Å²) in [4.78, 5) is 25.8. The van der Waals surface area contributed by atoms with Crippen molar-refractivity contribution in [1.82, 2.24) is 14.9 Å². The van der Waals surface area contributed by atoms with Crippen LogP contribution in [0.25, 0.3) is 11.0 Å². The molecule has 1 amide bonds. The lowest BCUT2D eigenvalue weighted by Gasteiger charge is -2.43. The van der Waals surface area contributed by atoms with Gasteiger partial charge >= 0.3 is 0 Å². The molecule has 1 saturated carbocycles. The second-order valence-electron chi connectivity index (χ2n) is 8.94. The molecule has 0 spiro atoms. The Morgan fingerprint density at radius 3 is 2.18 bits per heavy atom. The van der Waals surface area contributed by atoms with Crippen LogP contribution in [0.2, 0.25) is 10.0 Å². The van der Waals surface area contributed by atoms with Crippen LogP contribution in [0.3, 0.4) is 0 Å². The number of aromatic nitrogens is 2. The highest BCUT2D eigenvalue weighted by Crippen LogP contribution is 2.70. The molecule has 2 aliphatic carbocycles. The van der Waals surface area contributed by atoms with E-state index in [4.69, 9.17) is 37.9 Å². The van der Waals surface area contributed by atoms with Gasteiger partial charge in [-0.25, -0.2) is 9.97 Å². The molecule has 3 aliphatic rings. The van der Waals surface area contributed by atoms with Gasteiger partial charge < -0.3 is 9.64 Å². The molecule has 2 aromatic rings. The molecule has 1 aromatic carbocycles. The lowest BCUT2D eigenvalue weighted by atomic mass is 9.63. The third-order valence-corrected chi connectivity index (χ3v) is 8.47. The Morgan fingerprint density at radius 2 is 1.57 bits per heavy atom. The third kappa shape index (κ3) is 2.05. The van der Waals surface area contributed by atoms with Crippen molar-refractivity contribution >= 4 is 40.1 Å². The number of carbonyl (C=O) groups excluding carboxylic acids is 1. The minimum atomic E-state index is -0.665. The summed E-state index contributed by atoms with van der Waals surface area (Å²) >= 11 is 12.4. The van der Waals surface area contributed by atoms with E-state index in [1.807, 2.05) is 4.90 Å². The van der Waals surface area contributed by atoms with Crippen LogP contribution in [0, 0.1) is 5.41 Å². The lowest BCUT2D eigenvalue weighted by molar-refractivity contribution is -0.145. The van der Waals surface area contributed by atoms with Crippen LogP contribution in [0.15, 0.2) is 12.1 Å². The molecule has 5 rings (SSSR count). The van der Waals surface area contributed by atoms with E-state index in [0.29, 0.717) is 41.9 Å². The van der Waals surface area contributed by atoms with E-state index in [0.717, 1.165) is 29.7 Å². The minimum absolute atomic E-state index is 0.164. The highest BCUT2D eigenvalue weighted by atomic mass is 35.5. The number of rotatable bonds is 1. The molecule has 0 radical (unpaired) electrons. The Kier molecular flexibility index (Phi) is 3.85. The first-order valence-corrected chi connectivity index (χ1v) is 10.5. The fourth-order valence-electron chi connectivity index (χ4n) is 5.61. The van der Waals surface area contributed by atoms with Gasteiger partial charge in [-0.05, 0) is 30.4 Å². The van der Waals surface area contributed by atoms with Gasteiger partial charge in [0.15, 0.2) is 0 Å². The average Bonchev–Trinajstić information content (AvgIpc) is 2.97. The van der Waals surface area contributed by atoms with Gasteiger partial charge in [-0.2, -0.15) is 0 Å². The fraction of sp³-hybridized carbons (Fsp3) is 0.571. The Labute approximate surface area is 174 Å². The smallest absolute Gasteiger partial charge is 0.235 e. The summed E-state index contributed by atoms with van der Waals surface area (Å²) in [7, 11) is 0. The monoisotopic (exact) mass is 419 g/mol. The standard InChI is InChI=1S/C21H23Cl2N3O2/c1-19(2)20(3)4-5-21(19,18(27)26-6-8-28-9-7-26)17-16(20)24-14-10-12(22)13(23)11-15(14)25-17/h10-11H,4-9H2,1-3H3. The molecule has 2 heterocycles. The number of ether oxygens (including phenoxy) is 1. The van der Waals surface area contributed by atoms with Crippen molar-refractivity contribution in [2.24, 2.45) is 5.41 Å². The Balaban J connectivity index is 1.76. The van der Waals surface area contributed by atoms with Crippen molar-refractivity contribution < 1.29 is 9.53 Å². The van der Waals surface area contributed by atoms with Crippen LogP contribution in [-0.2, 0) is 20.4 Å². The third-order valence-electron chi connectivity index (χ3n) is 7.74. The van der Waals surface area contributed by atoms with E-state index in [1.54, 1.807) is 12.1 Å². The largest absolute Gasteiger partial charge is 0.378 e. The molecule has 2 unspecified atom stereocenters. The van der Waals surface area contributed by atoms with E-state index in [2.05, 4.69) is 20.8 Å². The van der Waals surface area contributed by atoms with Crippen LogP contribution >= 0.6 is 23.2 Å². The van der Waals surface area contributed by atoms with E-state index >= 15 is 0 Å². The van der Waals surface area contributed by atoms with E-state index in [-0.39, 0.29) is 16.7 Å². The molecule has 2 bridgehead atoms. The summed E-state index contributed by atoms with van der Waals surface area (Å²) in [5, 5.41) is 0.917. The lowest BCUT2D eigenvalue weighted by Crippen LogP contribution is -2.55. The van der Waals surface area contributed by atoms with E-state index in [9.17, 15) is 4.79 Å². The van der Waals surface area contributed by atoms with Gasteiger partial charge in [0.1, 0.15) is 0 Å². The van der Waals surface area contributed by atoms with Gasteiger partial charge in [-0.1, -0.05) is 44.0 Å². The summed E-state index contributed by atoms with van der Waals surface area (Å²) in [6, 6.07) is 3.52. The summed E-state index contributed by atoms with van der Waals surface area (Å²) in [5.74, 6) is 0.164. The Bertz CT molecular complexity index is 1020. The molecule has 1 saturated heterocycles. The topological polar surface area (TPSA) is 55.3 Å². The Hall–Kier alpha value is -1.43. The van der Waals surface area contributed by atoms with Gasteiger partial charge in [0, 0.05) is 18.5 Å². The highest BCUT2D eigenvalue weighted by molar-refractivity contribution is 6.42. The number of nitrogens with zero attached hydrogens (tertiary/aromatic N) is 3. The van der Waals surface area contributed by atoms with Gasteiger partial charge in [0.2, 0.25) is 5.91 Å². The molecule has 0 N–H and O–H groups in total. The molecule has 2 atom stereocenters. The van der Waals surface area contributed by atoms with Crippen molar-refractivity contribution in [1.29, 1.82) is 0 Å². The first kappa shape index (κ1) is 18.6. The number of halogens is 2. The zero-order chi connectivity index (χ0) is 19.9. The summed E-state index contributed by atoms with van der Waals surface area (Å²) in [6.45, 7) is 9.06. The van der Waals surface area contributed by atoms with Crippen molar-refractivity contribution in [2.45, 2.75) is 44.4 Å². The molecule has 148 valence electrons. The van der Waals surface area contributed by atoms with Crippen molar-refractivity contribution in [2.75, 3.05) is 26.3 Å². The molecule has 7 heteroatoms. The number of carbonyl (C=O) groups is 1. The number of hydrogen-bond acceptors (Lipinski definition) is 4. The van der Waals surface area contributed by atoms with Crippen LogP contribution in [0.1, 0.15) is 45.0 Å². The summed E-state index contributed by atoms with van der Waals surface area (Å²) in [6.07, 6.45) is 1.71.